The van der Waals surface area contributed by atoms with E-state index in [-0.39, 0.29) is 0 Å². The molecule has 66 valence electrons. The van der Waals surface area contributed by atoms with Crippen molar-refractivity contribution in [3.63, 3.8) is 0 Å². The van der Waals surface area contributed by atoms with E-state index in [0.29, 0.717) is 13.2 Å². The smallest absolute Gasteiger partial charge is 0.137 e. The summed E-state index contributed by atoms with van der Waals surface area (Å²) < 4.78 is 10.5. The van der Waals surface area contributed by atoms with Gasteiger partial charge in [-0.05, 0) is 12.8 Å². The summed E-state index contributed by atoms with van der Waals surface area (Å²) in [5.41, 5.74) is 0. The maximum Gasteiger partial charge on any atom is 0.137 e. The molecule has 0 bridgehead atoms. The number of hydrogen-bond acceptors (Lipinski definition) is 4. The second-order valence-corrected chi connectivity index (χ2v) is 7.02. The van der Waals surface area contributed by atoms with E-state index >= 15 is 0 Å². The zero-order chi connectivity index (χ0) is 8.16. The maximum absolute atomic E-state index is 5.24. The third kappa shape index (κ3) is 4.32. The third-order valence-corrected chi connectivity index (χ3v) is 3.56. The van der Waals surface area contributed by atoms with E-state index < -0.39 is 7.71 Å². The summed E-state index contributed by atoms with van der Waals surface area (Å²) >= 11 is 9.91. The Morgan fingerprint density at radius 3 is 1.73 bits per heavy atom. The van der Waals surface area contributed by atoms with Gasteiger partial charge in [0.1, 0.15) is 7.71 Å². The van der Waals surface area contributed by atoms with Crippen LogP contribution in [0.2, 0.25) is 0 Å². The molecule has 0 aromatic rings. The van der Waals surface area contributed by atoms with Crippen molar-refractivity contribution in [2.45, 2.75) is 25.7 Å². The molecule has 0 amide bonds. The Hall–Kier alpha value is 0.710. The summed E-state index contributed by atoms with van der Waals surface area (Å²) in [6, 6.07) is 0. The van der Waals surface area contributed by atoms with Gasteiger partial charge in [0, 0.05) is 22.4 Å². The summed E-state index contributed by atoms with van der Waals surface area (Å²) in [6.45, 7) is 1.34. The van der Waals surface area contributed by atoms with Crippen LogP contribution in [-0.4, -0.2) is 13.2 Å². The van der Waals surface area contributed by atoms with Crippen LogP contribution in [0, 0.1) is 0 Å². The van der Waals surface area contributed by atoms with E-state index in [1.165, 1.54) is 12.8 Å². The summed E-state index contributed by atoms with van der Waals surface area (Å²) in [5.74, 6) is 0. The second kappa shape index (κ2) is 4.67. The lowest BCUT2D eigenvalue weighted by molar-refractivity contribution is 0.284. The molecule has 1 rings (SSSR count). The van der Waals surface area contributed by atoms with Gasteiger partial charge in [-0.1, -0.05) is 12.8 Å². The summed E-state index contributed by atoms with van der Waals surface area (Å²) in [6.07, 6.45) is 4.52. The van der Waals surface area contributed by atoms with Crippen molar-refractivity contribution < 1.29 is 8.37 Å². The molecular weight excluding hydrogens is 200 g/mol. The van der Waals surface area contributed by atoms with Crippen LogP contribution >= 0.6 is 0 Å². The zero-order valence-electron chi connectivity index (χ0n) is 6.28. The van der Waals surface area contributed by atoms with Gasteiger partial charge in [-0.25, -0.2) is 0 Å². The first kappa shape index (κ1) is 9.80. The zero-order valence-corrected chi connectivity index (χ0v) is 8.73. The van der Waals surface area contributed by atoms with Crippen molar-refractivity contribution in [3.8, 4) is 0 Å². The molecular formula is C6H12O2S3. The molecule has 1 fully saturated rings. The first-order valence-electron chi connectivity index (χ1n) is 3.74. The molecule has 1 saturated heterocycles. The fourth-order valence-corrected chi connectivity index (χ4v) is 2.44. The molecule has 11 heavy (non-hydrogen) atoms. The summed E-state index contributed by atoms with van der Waals surface area (Å²) in [7, 11) is -2.00. The Bertz CT molecular complexity index is 182. The number of hydrogen-bond donors (Lipinski definition) is 0. The van der Waals surface area contributed by atoms with Crippen molar-refractivity contribution in [2.75, 3.05) is 13.2 Å². The molecule has 1 aliphatic heterocycles. The van der Waals surface area contributed by atoms with Crippen molar-refractivity contribution in [3.05, 3.63) is 0 Å². The summed E-state index contributed by atoms with van der Waals surface area (Å²) in [4.78, 5) is 0. The van der Waals surface area contributed by atoms with Crippen LogP contribution in [0.3, 0.4) is 0 Å². The van der Waals surface area contributed by atoms with Gasteiger partial charge >= 0.3 is 0 Å². The maximum atomic E-state index is 5.24. The molecule has 5 heteroatoms. The largest absolute Gasteiger partial charge is 0.290 e. The normalized spacial score (nSPS) is 26.5. The second-order valence-electron chi connectivity index (χ2n) is 2.47. The van der Waals surface area contributed by atoms with Gasteiger partial charge in [0.15, 0.2) is 0 Å². The highest BCUT2D eigenvalue weighted by Crippen LogP contribution is 2.08. The van der Waals surface area contributed by atoms with Gasteiger partial charge in [0.25, 0.3) is 0 Å². The molecule has 0 saturated carbocycles. The minimum Gasteiger partial charge on any atom is -0.290 e. The highest BCUT2D eigenvalue weighted by molar-refractivity contribution is 8.51. The van der Waals surface area contributed by atoms with E-state index in [0.717, 1.165) is 12.8 Å². The van der Waals surface area contributed by atoms with Crippen LogP contribution < -0.4 is 0 Å². The minimum absolute atomic E-state index is 0.669. The Morgan fingerprint density at radius 2 is 1.27 bits per heavy atom. The van der Waals surface area contributed by atoms with Gasteiger partial charge in [-0.2, -0.15) is 0 Å². The molecule has 0 aromatic carbocycles. The van der Waals surface area contributed by atoms with Gasteiger partial charge in [-0.15, -0.1) is 0 Å². The predicted molar refractivity (Wildman–Crippen MR) is 52.5 cm³/mol. The van der Waals surface area contributed by atoms with Gasteiger partial charge in [-0.3, -0.25) is 8.37 Å². The van der Waals surface area contributed by atoms with E-state index in [4.69, 9.17) is 30.7 Å². The fraction of sp³-hybridized carbons (Fsp3) is 1.00. The molecule has 0 aromatic heterocycles. The van der Waals surface area contributed by atoms with Crippen LogP contribution in [0.4, 0.5) is 0 Å². The average Bonchev–Trinajstić information content (AvgIpc) is 2.00. The van der Waals surface area contributed by atoms with Crippen LogP contribution in [0.5, 0.6) is 0 Å². The quantitative estimate of drug-likeness (QED) is 0.605. The van der Waals surface area contributed by atoms with Gasteiger partial charge in [0.2, 0.25) is 0 Å². The molecule has 1 heterocycles. The lowest BCUT2D eigenvalue weighted by Crippen LogP contribution is -2.07. The first-order chi connectivity index (χ1) is 5.21. The van der Waals surface area contributed by atoms with E-state index in [1.807, 2.05) is 0 Å². The van der Waals surface area contributed by atoms with E-state index in [9.17, 15) is 0 Å². The van der Waals surface area contributed by atoms with Crippen molar-refractivity contribution >= 4 is 30.1 Å². The van der Waals surface area contributed by atoms with Crippen LogP contribution in [0.25, 0.3) is 0 Å². The first-order valence-corrected chi connectivity index (χ1v) is 7.08. The molecule has 0 radical (unpaired) electrons. The highest BCUT2D eigenvalue weighted by atomic mass is 33.1. The third-order valence-electron chi connectivity index (χ3n) is 1.49. The van der Waals surface area contributed by atoms with Crippen molar-refractivity contribution in [1.29, 1.82) is 0 Å². The fourth-order valence-electron chi connectivity index (χ4n) is 0.914. The predicted octanol–water partition coefficient (Wildman–Crippen LogP) is 1.50. The molecule has 1 aliphatic rings. The molecule has 0 spiro atoms. The van der Waals surface area contributed by atoms with Crippen molar-refractivity contribution in [2.24, 2.45) is 0 Å². The van der Waals surface area contributed by atoms with E-state index in [1.54, 1.807) is 0 Å². The Labute approximate surface area is 77.5 Å². The highest BCUT2D eigenvalue weighted by Gasteiger charge is 2.04. The van der Waals surface area contributed by atoms with E-state index in [2.05, 4.69) is 0 Å². The monoisotopic (exact) mass is 212 g/mol. The minimum atomic E-state index is -2.00. The SMILES string of the molecule is S=S1(=S)OCCCCCCO1. The Morgan fingerprint density at radius 1 is 0.818 bits per heavy atom. The molecule has 0 N–H and O–H groups in total. The molecule has 0 atom stereocenters. The topological polar surface area (TPSA) is 18.5 Å². The Balaban J connectivity index is 2.44. The lowest BCUT2D eigenvalue weighted by Gasteiger charge is -2.08. The van der Waals surface area contributed by atoms with Gasteiger partial charge < -0.3 is 0 Å². The average molecular weight is 212 g/mol. The Kier molecular flexibility index (Phi) is 4.16. The summed E-state index contributed by atoms with van der Waals surface area (Å²) in [5, 5.41) is 0. The van der Waals surface area contributed by atoms with Crippen LogP contribution in [-0.2, 0) is 38.5 Å². The molecule has 0 aliphatic carbocycles. The molecule has 0 unspecified atom stereocenters. The molecule has 2 nitrogen and oxygen atoms in total. The van der Waals surface area contributed by atoms with Crippen LogP contribution in [0.15, 0.2) is 0 Å². The lowest BCUT2D eigenvalue weighted by atomic mass is 10.2. The van der Waals surface area contributed by atoms with Crippen molar-refractivity contribution in [1.82, 2.24) is 0 Å². The standard InChI is InChI=1S/C6H12O2S3/c9-11(10)7-5-3-1-2-4-6-8-11/h1-6H2. The van der Waals surface area contributed by atoms with Crippen LogP contribution in [0.1, 0.15) is 25.7 Å². The number of rotatable bonds is 0. The van der Waals surface area contributed by atoms with Gasteiger partial charge in [0.05, 0.1) is 13.2 Å².